The van der Waals surface area contributed by atoms with Crippen LogP contribution in [0.1, 0.15) is 5.56 Å². The zero-order valence-corrected chi connectivity index (χ0v) is 7.13. The fraction of sp³-hybridized carbons (Fsp3) is 0.143. The molecule has 0 aliphatic carbocycles. The summed E-state index contributed by atoms with van der Waals surface area (Å²) >= 11 is 0. The first kappa shape index (κ1) is 10.1. The molecule has 0 saturated heterocycles. The molecule has 0 aliphatic heterocycles. The molecule has 0 fully saturated rings. The van der Waals surface area contributed by atoms with Crippen LogP contribution in [0.3, 0.4) is 0 Å². The summed E-state index contributed by atoms with van der Waals surface area (Å²) in [6.07, 6.45) is 0. The third kappa shape index (κ3) is 1.84. The van der Waals surface area contributed by atoms with Gasteiger partial charge in [0.25, 0.3) is 0 Å². The number of hydrogen-bond donors (Lipinski definition) is 1. The van der Waals surface area contributed by atoms with Crippen LogP contribution in [0, 0.1) is 0 Å². The minimum Gasteiger partial charge on any atom is -0.281 e. The van der Waals surface area contributed by atoms with Crippen molar-refractivity contribution in [3.63, 3.8) is 0 Å². The molecule has 0 amide bonds. The molecular weight excluding hydrogens is 202 g/mol. The van der Waals surface area contributed by atoms with Crippen molar-refractivity contribution in [3.05, 3.63) is 35.9 Å². The molecule has 72 valence electrons. The largest absolute Gasteiger partial charge is 0.395 e. The van der Waals surface area contributed by atoms with E-state index in [1.165, 1.54) is 18.2 Å². The van der Waals surface area contributed by atoms with Gasteiger partial charge in [-0.2, -0.15) is 17.2 Å². The second kappa shape index (κ2) is 3.04. The van der Waals surface area contributed by atoms with E-state index in [1.54, 1.807) is 0 Å². The van der Waals surface area contributed by atoms with E-state index >= 15 is 0 Å². The maximum absolute atomic E-state index is 12.8. The Morgan fingerprint density at radius 1 is 1.15 bits per heavy atom. The summed E-state index contributed by atoms with van der Waals surface area (Å²) in [5, 5.41) is -4.24. The van der Waals surface area contributed by atoms with E-state index in [0.717, 1.165) is 12.1 Å². The Morgan fingerprint density at radius 3 is 2.00 bits per heavy atom. The third-order valence-electron chi connectivity index (χ3n) is 1.43. The minimum absolute atomic E-state index is 0.752. The second-order valence-corrected chi connectivity index (χ2v) is 3.82. The van der Waals surface area contributed by atoms with Crippen LogP contribution >= 0.6 is 0 Å². The van der Waals surface area contributed by atoms with Gasteiger partial charge in [0.05, 0.1) is 0 Å². The molecule has 0 aliphatic rings. The predicted molar refractivity (Wildman–Crippen MR) is 41.9 cm³/mol. The zero-order valence-electron chi connectivity index (χ0n) is 6.31. The van der Waals surface area contributed by atoms with Crippen molar-refractivity contribution < 1.29 is 21.8 Å². The predicted octanol–water partition coefficient (Wildman–Crippen LogP) is 1.62. The van der Waals surface area contributed by atoms with Crippen molar-refractivity contribution in [2.24, 2.45) is 0 Å². The van der Waals surface area contributed by atoms with Crippen LogP contribution in [0.5, 0.6) is 0 Å². The topological polar surface area (TPSA) is 54.4 Å². The van der Waals surface area contributed by atoms with Gasteiger partial charge in [-0.3, -0.25) is 4.55 Å². The smallest absolute Gasteiger partial charge is 0.281 e. The van der Waals surface area contributed by atoms with Gasteiger partial charge in [-0.05, 0) is 0 Å². The first-order valence-electron chi connectivity index (χ1n) is 3.26. The molecule has 1 aromatic rings. The normalized spacial score (nSPS) is 12.8. The van der Waals surface area contributed by atoms with Crippen LogP contribution in [0.2, 0.25) is 0 Å². The van der Waals surface area contributed by atoms with Gasteiger partial charge < -0.3 is 0 Å². The van der Waals surface area contributed by atoms with Crippen molar-refractivity contribution in [2.75, 3.05) is 0 Å². The van der Waals surface area contributed by atoms with Gasteiger partial charge in [0, 0.05) is 5.56 Å². The summed E-state index contributed by atoms with van der Waals surface area (Å²) in [5.41, 5.74) is -0.752. The monoisotopic (exact) mass is 208 g/mol. The van der Waals surface area contributed by atoms with E-state index in [-0.39, 0.29) is 0 Å². The van der Waals surface area contributed by atoms with Crippen LogP contribution < -0.4 is 0 Å². The van der Waals surface area contributed by atoms with Crippen molar-refractivity contribution in [2.45, 2.75) is 5.25 Å². The fourth-order valence-corrected chi connectivity index (χ4v) is 1.22. The molecule has 6 heteroatoms. The highest BCUT2D eigenvalue weighted by atomic mass is 32.2. The lowest BCUT2D eigenvalue weighted by Gasteiger charge is -2.12. The SMILES string of the molecule is O=S(=O)(O)C(F)(F)c1ccccc1. The third-order valence-corrected chi connectivity index (χ3v) is 2.32. The molecule has 0 unspecified atom stereocenters. The fourth-order valence-electron chi connectivity index (χ4n) is 0.781. The Kier molecular flexibility index (Phi) is 2.36. The van der Waals surface area contributed by atoms with Gasteiger partial charge in [0.2, 0.25) is 0 Å². The van der Waals surface area contributed by atoms with Crippen molar-refractivity contribution in [1.82, 2.24) is 0 Å². The van der Waals surface area contributed by atoms with Crippen molar-refractivity contribution >= 4 is 10.1 Å². The summed E-state index contributed by atoms with van der Waals surface area (Å²) in [6, 6.07) is 5.83. The molecule has 1 aromatic carbocycles. The first-order chi connectivity index (χ1) is 5.86. The molecule has 1 rings (SSSR count). The lowest BCUT2D eigenvalue weighted by Crippen LogP contribution is -2.25. The number of hydrogen-bond acceptors (Lipinski definition) is 2. The highest BCUT2D eigenvalue weighted by Crippen LogP contribution is 2.32. The molecule has 0 heterocycles. The molecule has 0 atom stereocenters. The van der Waals surface area contributed by atoms with Crippen LogP contribution in [-0.4, -0.2) is 13.0 Å². The highest BCUT2D eigenvalue weighted by molar-refractivity contribution is 7.86. The quantitative estimate of drug-likeness (QED) is 0.751. The zero-order chi connectivity index (χ0) is 10.1. The number of alkyl halides is 2. The Labute approximate surface area is 73.8 Å². The molecular formula is C7H6F2O3S. The molecule has 3 nitrogen and oxygen atoms in total. The summed E-state index contributed by atoms with van der Waals surface area (Å²) in [7, 11) is -5.39. The minimum atomic E-state index is -5.39. The number of rotatable bonds is 2. The van der Waals surface area contributed by atoms with E-state index in [9.17, 15) is 17.2 Å². The Morgan fingerprint density at radius 2 is 1.62 bits per heavy atom. The maximum atomic E-state index is 12.8. The first-order valence-corrected chi connectivity index (χ1v) is 4.70. The lowest BCUT2D eigenvalue weighted by atomic mass is 10.2. The van der Waals surface area contributed by atoms with Gasteiger partial charge in [0.1, 0.15) is 0 Å². The summed E-state index contributed by atoms with van der Waals surface area (Å²) in [4.78, 5) is 0. The van der Waals surface area contributed by atoms with Crippen molar-refractivity contribution in [3.8, 4) is 0 Å². The summed E-state index contributed by atoms with van der Waals surface area (Å²) < 4.78 is 54.4. The van der Waals surface area contributed by atoms with Gasteiger partial charge in [0.15, 0.2) is 0 Å². The lowest BCUT2D eigenvalue weighted by molar-refractivity contribution is 0.0790. The number of halogens is 2. The van der Waals surface area contributed by atoms with Gasteiger partial charge in [-0.15, -0.1) is 0 Å². The second-order valence-electron chi connectivity index (χ2n) is 2.36. The van der Waals surface area contributed by atoms with Gasteiger partial charge in [-0.1, -0.05) is 30.3 Å². The molecule has 0 radical (unpaired) electrons. The van der Waals surface area contributed by atoms with Gasteiger partial charge >= 0.3 is 15.4 Å². The standard InChI is InChI=1S/C7H6F2O3S/c8-7(9,13(10,11)12)6-4-2-1-3-5-6/h1-5H,(H,10,11,12). The van der Waals surface area contributed by atoms with E-state index in [4.69, 9.17) is 4.55 Å². The van der Waals surface area contributed by atoms with E-state index in [1.807, 2.05) is 0 Å². The summed E-state index contributed by atoms with van der Waals surface area (Å²) in [6.45, 7) is 0. The average Bonchev–Trinajstić information content (AvgIpc) is 2.04. The maximum Gasteiger partial charge on any atom is 0.395 e. The molecule has 1 N–H and O–H groups in total. The Balaban J connectivity index is 3.24. The molecule has 13 heavy (non-hydrogen) atoms. The summed E-state index contributed by atoms with van der Waals surface area (Å²) in [5.74, 6) is 0. The Bertz CT molecular complexity index is 385. The van der Waals surface area contributed by atoms with Crippen LogP contribution in [0.25, 0.3) is 0 Å². The van der Waals surface area contributed by atoms with E-state index in [2.05, 4.69) is 0 Å². The highest BCUT2D eigenvalue weighted by Gasteiger charge is 2.45. The van der Waals surface area contributed by atoms with E-state index in [0.29, 0.717) is 0 Å². The van der Waals surface area contributed by atoms with E-state index < -0.39 is 20.9 Å². The molecule has 0 bridgehead atoms. The Hall–Kier alpha value is -1.01. The van der Waals surface area contributed by atoms with Crippen molar-refractivity contribution in [1.29, 1.82) is 0 Å². The van der Waals surface area contributed by atoms with Crippen LogP contribution in [-0.2, 0) is 15.4 Å². The molecule has 0 spiro atoms. The average molecular weight is 208 g/mol. The van der Waals surface area contributed by atoms with Crippen LogP contribution in [0.4, 0.5) is 8.78 Å². The van der Waals surface area contributed by atoms with Crippen LogP contribution in [0.15, 0.2) is 30.3 Å². The molecule has 0 saturated carbocycles. The van der Waals surface area contributed by atoms with Gasteiger partial charge in [-0.25, -0.2) is 0 Å². The number of benzene rings is 1. The molecule has 0 aromatic heterocycles.